The molecule has 0 saturated heterocycles. The van der Waals surface area contributed by atoms with Crippen LogP contribution >= 0.6 is 0 Å². The fourth-order valence-electron chi connectivity index (χ4n) is 2.93. The zero-order chi connectivity index (χ0) is 18.6. The molecule has 0 aliphatic carbocycles. The lowest BCUT2D eigenvalue weighted by Gasteiger charge is -2.09. The molecule has 3 aromatic heterocycles. The van der Waals surface area contributed by atoms with E-state index in [4.69, 9.17) is 14.8 Å². The lowest BCUT2D eigenvalue weighted by Crippen LogP contribution is -2.04. The van der Waals surface area contributed by atoms with E-state index in [1.54, 1.807) is 18.0 Å². The van der Waals surface area contributed by atoms with Crippen LogP contribution in [0.3, 0.4) is 0 Å². The van der Waals surface area contributed by atoms with Gasteiger partial charge in [0.2, 0.25) is 0 Å². The maximum Gasteiger partial charge on any atom is 0.166 e. The Morgan fingerprint density at radius 1 is 1.04 bits per heavy atom. The molecule has 0 aliphatic heterocycles. The van der Waals surface area contributed by atoms with Crippen molar-refractivity contribution in [1.82, 2.24) is 29.7 Å². The molecular weight excluding hydrogens is 340 g/mol. The predicted molar refractivity (Wildman–Crippen MR) is 102 cm³/mol. The van der Waals surface area contributed by atoms with Gasteiger partial charge in [0.15, 0.2) is 17.5 Å². The molecule has 27 heavy (non-hydrogen) atoms. The summed E-state index contributed by atoms with van der Waals surface area (Å²) < 4.78 is 6.98. The van der Waals surface area contributed by atoms with Crippen molar-refractivity contribution in [2.45, 2.75) is 13.3 Å². The third-order valence-electron chi connectivity index (χ3n) is 4.19. The van der Waals surface area contributed by atoms with E-state index in [1.807, 2.05) is 55.6 Å². The number of methoxy groups -OCH3 is 1. The number of rotatable bonds is 6. The van der Waals surface area contributed by atoms with Crippen molar-refractivity contribution in [3.05, 3.63) is 66.4 Å². The van der Waals surface area contributed by atoms with Gasteiger partial charge < -0.3 is 9.72 Å². The molecule has 0 fully saturated rings. The SMILES string of the molecule is COCCc1nc(-c2ccccc2-c2ncc[nH]2)n(-c2cccc(C)n2)n1. The Labute approximate surface area is 157 Å². The normalized spacial score (nSPS) is 11.0. The van der Waals surface area contributed by atoms with Crippen LogP contribution in [0.5, 0.6) is 0 Å². The van der Waals surface area contributed by atoms with Gasteiger partial charge in [-0.3, -0.25) is 0 Å². The summed E-state index contributed by atoms with van der Waals surface area (Å²) in [5, 5.41) is 4.69. The molecule has 0 unspecified atom stereocenters. The van der Waals surface area contributed by atoms with Crippen LogP contribution in [-0.2, 0) is 11.2 Å². The highest BCUT2D eigenvalue weighted by atomic mass is 16.5. The molecule has 136 valence electrons. The number of nitrogens with one attached hydrogen (secondary N) is 1. The number of nitrogens with zero attached hydrogens (tertiary/aromatic N) is 5. The molecule has 4 rings (SSSR count). The van der Waals surface area contributed by atoms with E-state index < -0.39 is 0 Å². The second-order valence-electron chi connectivity index (χ2n) is 6.13. The van der Waals surface area contributed by atoms with E-state index in [0.717, 1.165) is 34.3 Å². The van der Waals surface area contributed by atoms with Crippen molar-refractivity contribution in [3.8, 4) is 28.6 Å². The fourth-order valence-corrected chi connectivity index (χ4v) is 2.93. The van der Waals surface area contributed by atoms with E-state index in [-0.39, 0.29) is 0 Å². The first-order valence-electron chi connectivity index (χ1n) is 8.74. The molecule has 0 radical (unpaired) electrons. The average Bonchev–Trinajstić information content (AvgIpc) is 3.36. The van der Waals surface area contributed by atoms with Crippen LogP contribution < -0.4 is 0 Å². The minimum absolute atomic E-state index is 0.560. The van der Waals surface area contributed by atoms with E-state index in [1.165, 1.54) is 0 Å². The summed E-state index contributed by atoms with van der Waals surface area (Å²) in [6.07, 6.45) is 4.18. The number of benzene rings is 1. The molecule has 0 saturated carbocycles. The highest BCUT2D eigenvalue weighted by molar-refractivity contribution is 5.77. The van der Waals surface area contributed by atoms with Crippen molar-refractivity contribution in [2.24, 2.45) is 0 Å². The van der Waals surface area contributed by atoms with E-state index in [2.05, 4.69) is 15.0 Å². The van der Waals surface area contributed by atoms with Gasteiger partial charge in [-0.05, 0) is 19.1 Å². The van der Waals surface area contributed by atoms with Gasteiger partial charge >= 0.3 is 0 Å². The largest absolute Gasteiger partial charge is 0.384 e. The number of aromatic amines is 1. The van der Waals surface area contributed by atoms with Gasteiger partial charge in [0, 0.05) is 42.7 Å². The molecule has 0 aliphatic rings. The highest BCUT2D eigenvalue weighted by Gasteiger charge is 2.18. The van der Waals surface area contributed by atoms with Gasteiger partial charge in [0.05, 0.1) is 6.61 Å². The number of imidazole rings is 1. The number of H-pyrrole nitrogens is 1. The molecular formula is C20H20N6O. The quantitative estimate of drug-likeness (QED) is 0.571. The molecule has 0 bridgehead atoms. The number of ether oxygens (including phenoxy) is 1. The van der Waals surface area contributed by atoms with Gasteiger partial charge in [-0.1, -0.05) is 30.3 Å². The van der Waals surface area contributed by atoms with Crippen molar-refractivity contribution >= 4 is 0 Å². The summed E-state index contributed by atoms with van der Waals surface area (Å²) in [4.78, 5) is 17.0. The topological polar surface area (TPSA) is 81.5 Å². The van der Waals surface area contributed by atoms with E-state index in [0.29, 0.717) is 18.9 Å². The summed E-state index contributed by atoms with van der Waals surface area (Å²) >= 11 is 0. The maximum absolute atomic E-state index is 5.19. The summed E-state index contributed by atoms with van der Waals surface area (Å²) in [5.41, 5.74) is 2.82. The average molecular weight is 360 g/mol. The van der Waals surface area contributed by atoms with Crippen LogP contribution in [0.1, 0.15) is 11.5 Å². The molecule has 0 atom stereocenters. The number of aryl methyl sites for hydroxylation is 1. The van der Waals surface area contributed by atoms with Crippen LogP contribution in [0.15, 0.2) is 54.9 Å². The Bertz CT molecular complexity index is 1040. The van der Waals surface area contributed by atoms with Crippen LogP contribution in [0.4, 0.5) is 0 Å². The third-order valence-corrected chi connectivity index (χ3v) is 4.19. The second-order valence-corrected chi connectivity index (χ2v) is 6.13. The molecule has 4 aromatic rings. The minimum Gasteiger partial charge on any atom is -0.384 e. The van der Waals surface area contributed by atoms with Crippen molar-refractivity contribution in [3.63, 3.8) is 0 Å². The molecule has 0 spiro atoms. The second kappa shape index (κ2) is 7.51. The van der Waals surface area contributed by atoms with E-state index in [9.17, 15) is 0 Å². The third kappa shape index (κ3) is 3.50. The Morgan fingerprint density at radius 3 is 2.63 bits per heavy atom. The van der Waals surface area contributed by atoms with Crippen LogP contribution in [-0.4, -0.2) is 43.4 Å². The van der Waals surface area contributed by atoms with Gasteiger partial charge in [-0.2, -0.15) is 4.68 Å². The number of hydrogen-bond donors (Lipinski definition) is 1. The van der Waals surface area contributed by atoms with Crippen molar-refractivity contribution in [1.29, 1.82) is 0 Å². The summed E-state index contributed by atoms with van der Waals surface area (Å²) in [7, 11) is 1.67. The monoisotopic (exact) mass is 360 g/mol. The Balaban J connectivity index is 1.89. The van der Waals surface area contributed by atoms with Crippen LogP contribution in [0.25, 0.3) is 28.6 Å². The molecule has 7 heteroatoms. The zero-order valence-corrected chi connectivity index (χ0v) is 15.3. The molecule has 3 heterocycles. The summed E-state index contributed by atoms with van der Waals surface area (Å²) in [6, 6.07) is 13.9. The standard InChI is InChI=1S/C20H20N6O/c1-14-6-5-9-18(23-14)26-20(24-17(25-26)10-13-27-2)16-8-4-3-7-15(16)19-21-11-12-22-19/h3-9,11-12H,10,13H2,1-2H3,(H,21,22). The maximum atomic E-state index is 5.19. The molecule has 1 aromatic carbocycles. The summed E-state index contributed by atoms with van der Waals surface area (Å²) in [6.45, 7) is 2.52. The molecule has 0 amide bonds. The van der Waals surface area contributed by atoms with Gasteiger partial charge in [-0.25, -0.2) is 15.0 Å². The Morgan fingerprint density at radius 2 is 1.89 bits per heavy atom. The first kappa shape index (κ1) is 17.1. The molecule has 7 nitrogen and oxygen atoms in total. The number of aromatic nitrogens is 6. The van der Waals surface area contributed by atoms with Crippen molar-refractivity contribution in [2.75, 3.05) is 13.7 Å². The van der Waals surface area contributed by atoms with Crippen LogP contribution in [0, 0.1) is 6.92 Å². The number of hydrogen-bond acceptors (Lipinski definition) is 5. The Kier molecular flexibility index (Phi) is 4.76. The van der Waals surface area contributed by atoms with Crippen LogP contribution in [0.2, 0.25) is 0 Å². The van der Waals surface area contributed by atoms with Gasteiger partial charge in [-0.15, -0.1) is 5.10 Å². The first-order chi connectivity index (χ1) is 13.3. The predicted octanol–water partition coefficient (Wildman–Crippen LogP) is 3.22. The zero-order valence-electron chi connectivity index (χ0n) is 15.3. The number of pyridine rings is 1. The Hall–Kier alpha value is -3.32. The van der Waals surface area contributed by atoms with Crippen molar-refractivity contribution < 1.29 is 4.74 Å². The lowest BCUT2D eigenvalue weighted by atomic mass is 10.1. The summed E-state index contributed by atoms with van der Waals surface area (Å²) in [5.74, 6) is 2.96. The smallest absolute Gasteiger partial charge is 0.166 e. The van der Waals surface area contributed by atoms with Gasteiger partial charge in [0.25, 0.3) is 0 Å². The lowest BCUT2D eigenvalue weighted by molar-refractivity contribution is 0.200. The highest BCUT2D eigenvalue weighted by Crippen LogP contribution is 2.30. The molecule has 1 N–H and O–H groups in total. The fraction of sp³-hybridized carbons (Fsp3) is 0.200. The minimum atomic E-state index is 0.560. The first-order valence-corrected chi connectivity index (χ1v) is 8.74. The van der Waals surface area contributed by atoms with Gasteiger partial charge in [0.1, 0.15) is 5.82 Å². The van der Waals surface area contributed by atoms with E-state index >= 15 is 0 Å².